The minimum absolute atomic E-state index is 0.139. The quantitative estimate of drug-likeness (QED) is 0.352. The Hall–Kier alpha value is -1.82. The SMILES string of the molecule is CCOC1CCC(C2C=CC(c3ccc(OC(F)(F)C=C(F)F)cc3)CC2)CC1. The number of benzene rings is 1. The van der Waals surface area contributed by atoms with Crippen LogP contribution in [0.5, 0.6) is 5.75 Å². The topological polar surface area (TPSA) is 18.5 Å². The summed E-state index contributed by atoms with van der Waals surface area (Å²) in [6.45, 7) is 2.83. The fourth-order valence-electron chi connectivity index (χ4n) is 4.53. The summed E-state index contributed by atoms with van der Waals surface area (Å²) in [5, 5.41) is 0. The van der Waals surface area contributed by atoms with E-state index in [0.29, 0.717) is 17.9 Å². The maximum atomic E-state index is 13.3. The molecule has 1 aromatic rings. The van der Waals surface area contributed by atoms with Crippen molar-refractivity contribution >= 4 is 0 Å². The molecule has 0 N–H and O–H groups in total. The second-order valence-electron chi connectivity index (χ2n) is 7.89. The predicted molar refractivity (Wildman–Crippen MR) is 104 cm³/mol. The highest BCUT2D eigenvalue weighted by Gasteiger charge is 2.31. The minimum Gasteiger partial charge on any atom is -0.429 e. The first kappa shape index (κ1) is 21.9. The maximum Gasteiger partial charge on any atom is 0.425 e. The van der Waals surface area contributed by atoms with Crippen molar-refractivity contribution in [3.8, 4) is 5.75 Å². The van der Waals surface area contributed by atoms with Crippen LogP contribution in [0.15, 0.2) is 48.6 Å². The lowest BCUT2D eigenvalue weighted by atomic mass is 9.73. The van der Waals surface area contributed by atoms with E-state index in [0.717, 1.165) is 37.9 Å². The normalized spacial score (nSPS) is 27.5. The van der Waals surface area contributed by atoms with Gasteiger partial charge in [0.25, 0.3) is 6.08 Å². The Morgan fingerprint density at radius 3 is 2.24 bits per heavy atom. The van der Waals surface area contributed by atoms with E-state index in [2.05, 4.69) is 16.9 Å². The lowest BCUT2D eigenvalue weighted by Crippen LogP contribution is -2.26. The summed E-state index contributed by atoms with van der Waals surface area (Å²) in [6, 6.07) is 6.26. The van der Waals surface area contributed by atoms with E-state index >= 15 is 0 Å². The first-order valence-electron chi connectivity index (χ1n) is 10.4. The predicted octanol–water partition coefficient (Wildman–Crippen LogP) is 7.08. The van der Waals surface area contributed by atoms with Gasteiger partial charge in [-0.15, -0.1) is 0 Å². The Labute approximate surface area is 169 Å². The van der Waals surface area contributed by atoms with Gasteiger partial charge in [-0.2, -0.15) is 17.6 Å². The van der Waals surface area contributed by atoms with E-state index in [4.69, 9.17) is 4.74 Å². The van der Waals surface area contributed by atoms with E-state index in [1.807, 2.05) is 6.92 Å². The highest BCUT2D eigenvalue weighted by atomic mass is 19.3. The third kappa shape index (κ3) is 6.33. The second-order valence-corrected chi connectivity index (χ2v) is 7.89. The van der Waals surface area contributed by atoms with E-state index < -0.39 is 18.3 Å². The monoisotopic (exact) mass is 412 g/mol. The van der Waals surface area contributed by atoms with Crippen molar-refractivity contribution < 1.29 is 27.0 Å². The molecule has 0 heterocycles. The molecular weight excluding hydrogens is 384 g/mol. The molecular formula is C23H28F4O2. The van der Waals surface area contributed by atoms with Crippen LogP contribution in [0.1, 0.15) is 56.9 Å². The van der Waals surface area contributed by atoms with Gasteiger partial charge in [-0.1, -0.05) is 24.3 Å². The molecule has 160 valence electrons. The van der Waals surface area contributed by atoms with Gasteiger partial charge in [0.1, 0.15) is 5.75 Å². The van der Waals surface area contributed by atoms with Crippen molar-refractivity contribution in [2.24, 2.45) is 11.8 Å². The molecule has 0 spiro atoms. The van der Waals surface area contributed by atoms with E-state index in [1.54, 1.807) is 12.1 Å². The molecule has 0 saturated heterocycles. The van der Waals surface area contributed by atoms with E-state index in [-0.39, 0.29) is 11.7 Å². The number of hydrogen-bond donors (Lipinski definition) is 0. The van der Waals surface area contributed by atoms with Crippen LogP contribution >= 0.6 is 0 Å². The van der Waals surface area contributed by atoms with Crippen molar-refractivity contribution in [2.75, 3.05) is 6.61 Å². The zero-order chi connectivity index (χ0) is 20.9. The van der Waals surface area contributed by atoms with E-state index in [1.165, 1.54) is 25.0 Å². The number of ether oxygens (including phenoxy) is 2. The van der Waals surface area contributed by atoms with Gasteiger partial charge in [0.05, 0.1) is 12.2 Å². The zero-order valence-corrected chi connectivity index (χ0v) is 16.6. The summed E-state index contributed by atoms with van der Waals surface area (Å²) in [4.78, 5) is 0. The fourth-order valence-corrected chi connectivity index (χ4v) is 4.53. The van der Waals surface area contributed by atoms with Crippen LogP contribution in [0.3, 0.4) is 0 Å². The first-order chi connectivity index (χ1) is 13.9. The van der Waals surface area contributed by atoms with Crippen molar-refractivity contribution in [3.63, 3.8) is 0 Å². The lowest BCUT2D eigenvalue weighted by Gasteiger charge is -2.35. The number of hydrogen-bond acceptors (Lipinski definition) is 2. The molecule has 1 fully saturated rings. The molecule has 0 bridgehead atoms. The first-order valence-corrected chi connectivity index (χ1v) is 10.4. The van der Waals surface area contributed by atoms with Crippen molar-refractivity contribution in [3.05, 3.63) is 54.1 Å². The molecule has 1 aromatic carbocycles. The average molecular weight is 412 g/mol. The third-order valence-electron chi connectivity index (χ3n) is 5.97. The summed E-state index contributed by atoms with van der Waals surface area (Å²) in [6.07, 6.45) is 4.77. The summed E-state index contributed by atoms with van der Waals surface area (Å²) in [7, 11) is 0. The highest BCUT2D eigenvalue weighted by molar-refractivity contribution is 5.32. The van der Waals surface area contributed by atoms with Gasteiger partial charge < -0.3 is 9.47 Å². The Balaban J connectivity index is 1.54. The Bertz CT molecular complexity index is 702. The summed E-state index contributed by atoms with van der Waals surface area (Å²) < 4.78 is 60.8. The van der Waals surface area contributed by atoms with Gasteiger partial charge in [-0.3, -0.25) is 0 Å². The van der Waals surface area contributed by atoms with Crippen LogP contribution in [0.4, 0.5) is 17.6 Å². The molecule has 6 heteroatoms. The van der Waals surface area contributed by atoms with Gasteiger partial charge in [-0.25, -0.2) is 0 Å². The van der Waals surface area contributed by atoms with Crippen molar-refractivity contribution in [1.29, 1.82) is 0 Å². The standard InChI is InChI=1S/C23H28F4O2/c1-2-28-20-11-7-18(8-12-20)16-3-5-17(6-4-16)19-9-13-21(14-10-19)29-23(26,27)15-22(24)25/h3,5,9-10,13-18,20H,2,4,6-8,11-12H2,1H3. The van der Waals surface area contributed by atoms with Crippen LogP contribution in [-0.4, -0.2) is 18.8 Å². The third-order valence-corrected chi connectivity index (χ3v) is 5.97. The molecule has 2 aliphatic rings. The van der Waals surface area contributed by atoms with Gasteiger partial charge in [0.15, 0.2) is 0 Å². The van der Waals surface area contributed by atoms with Crippen LogP contribution < -0.4 is 4.74 Å². The van der Waals surface area contributed by atoms with Crippen LogP contribution in [0, 0.1) is 11.8 Å². The number of rotatable bonds is 7. The summed E-state index contributed by atoms with van der Waals surface area (Å²) in [5.74, 6) is 1.41. The summed E-state index contributed by atoms with van der Waals surface area (Å²) in [5.41, 5.74) is 1.02. The van der Waals surface area contributed by atoms with Crippen LogP contribution in [0.25, 0.3) is 0 Å². The molecule has 0 aromatic heterocycles. The van der Waals surface area contributed by atoms with Crippen molar-refractivity contribution in [1.82, 2.24) is 0 Å². The molecule has 0 aliphatic heterocycles. The molecule has 2 atom stereocenters. The maximum absolute atomic E-state index is 13.3. The molecule has 0 amide bonds. The molecule has 3 rings (SSSR count). The van der Waals surface area contributed by atoms with Crippen LogP contribution in [0.2, 0.25) is 0 Å². The van der Waals surface area contributed by atoms with Gasteiger partial charge in [0.2, 0.25) is 0 Å². The molecule has 1 saturated carbocycles. The molecule has 0 radical (unpaired) electrons. The van der Waals surface area contributed by atoms with E-state index in [9.17, 15) is 17.6 Å². The van der Waals surface area contributed by atoms with Crippen molar-refractivity contribution in [2.45, 2.75) is 63.6 Å². The molecule has 2 unspecified atom stereocenters. The number of alkyl halides is 2. The zero-order valence-electron chi connectivity index (χ0n) is 16.6. The summed E-state index contributed by atoms with van der Waals surface area (Å²) >= 11 is 0. The molecule has 2 nitrogen and oxygen atoms in total. The fraction of sp³-hybridized carbons (Fsp3) is 0.565. The number of halogens is 4. The van der Waals surface area contributed by atoms with Gasteiger partial charge >= 0.3 is 6.11 Å². The lowest BCUT2D eigenvalue weighted by molar-refractivity contribution is -0.133. The number of allylic oxidation sites excluding steroid dienone is 2. The Kier molecular flexibility index (Phi) is 7.38. The van der Waals surface area contributed by atoms with Gasteiger partial charge in [-0.05, 0) is 75.0 Å². The average Bonchev–Trinajstić information content (AvgIpc) is 2.68. The second kappa shape index (κ2) is 9.79. The Morgan fingerprint density at radius 2 is 1.69 bits per heavy atom. The molecule has 2 aliphatic carbocycles. The highest BCUT2D eigenvalue weighted by Crippen LogP contribution is 2.40. The molecule has 29 heavy (non-hydrogen) atoms. The minimum atomic E-state index is -4.03. The van der Waals surface area contributed by atoms with Crippen LogP contribution in [-0.2, 0) is 4.74 Å². The largest absolute Gasteiger partial charge is 0.429 e. The Morgan fingerprint density at radius 1 is 1.00 bits per heavy atom. The smallest absolute Gasteiger partial charge is 0.425 e. The van der Waals surface area contributed by atoms with Gasteiger partial charge in [0, 0.05) is 12.5 Å².